The van der Waals surface area contributed by atoms with Crippen LogP contribution in [0.5, 0.6) is 0 Å². The molecule has 6 heteroatoms. The fourth-order valence-electron chi connectivity index (χ4n) is 0.864. The van der Waals surface area contributed by atoms with Crippen LogP contribution < -0.4 is 0 Å². The van der Waals surface area contributed by atoms with E-state index in [0.717, 1.165) is 6.20 Å². The van der Waals surface area contributed by atoms with Crippen LogP contribution >= 0.6 is 22.6 Å². The number of aliphatic hydroxyl groups excluding tert-OH is 1. The van der Waals surface area contributed by atoms with Crippen molar-refractivity contribution in [1.82, 2.24) is 4.98 Å². The van der Waals surface area contributed by atoms with Crippen molar-refractivity contribution in [3.05, 3.63) is 26.8 Å². The number of alkyl halides is 2. The van der Waals surface area contributed by atoms with Gasteiger partial charge in [-0.25, -0.2) is 13.2 Å². The molecule has 0 aromatic carbocycles. The van der Waals surface area contributed by atoms with Crippen LogP contribution in [-0.2, 0) is 6.61 Å². The lowest BCUT2D eigenvalue weighted by Gasteiger charge is -2.07. The molecule has 13 heavy (non-hydrogen) atoms. The third kappa shape index (κ3) is 2.11. The summed E-state index contributed by atoms with van der Waals surface area (Å²) in [6, 6.07) is 0. The van der Waals surface area contributed by atoms with Crippen molar-refractivity contribution in [1.29, 1.82) is 0 Å². The van der Waals surface area contributed by atoms with E-state index in [0.29, 0.717) is 0 Å². The third-order valence-corrected chi connectivity index (χ3v) is 2.21. The number of aliphatic hydroxyl groups is 1. The van der Waals surface area contributed by atoms with Crippen molar-refractivity contribution in [2.24, 2.45) is 0 Å². The van der Waals surface area contributed by atoms with Gasteiger partial charge in [0.1, 0.15) is 5.82 Å². The topological polar surface area (TPSA) is 33.1 Å². The fourth-order valence-corrected chi connectivity index (χ4v) is 1.29. The van der Waals surface area contributed by atoms with Crippen LogP contribution in [-0.4, -0.2) is 10.1 Å². The monoisotopic (exact) mass is 303 g/mol. The van der Waals surface area contributed by atoms with E-state index in [9.17, 15) is 13.2 Å². The molecule has 0 spiro atoms. The van der Waals surface area contributed by atoms with Gasteiger partial charge in [-0.2, -0.15) is 0 Å². The summed E-state index contributed by atoms with van der Waals surface area (Å²) in [7, 11) is 0. The zero-order chi connectivity index (χ0) is 10.0. The molecule has 1 N–H and O–H groups in total. The van der Waals surface area contributed by atoms with Crippen LogP contribution in [0.1, 0.15) is 17.7 Å². The SMILES string of the molecule is OCc1ncc(I)c(F)c1C(F)F. The van der Waals surface area contributed by atoms with Gasteiger partial charge >= 0.3 is 0 Å². The van der Waals surface area contributed by atoms with E-state index in [1.54, 1.807) is 22.6 Å². The molecule has 0 amide bonds. The molecule has 0 fully saturated rings. The Kier molecular flexibility index (Phi) is 3.48. The van der Waals surface area contributed by atoms with Crippen molar-refractivity contribution in [3.63, 3.8) is 0 Å². The first kappa shape index (κ1) is 10.7. The van der Waals surface area contributed by atoms with Gasteiger partial charge < -0.3 is 5.11 Å². The molecule has 1 rings (SSSR count). The summed E-state index contributed by atoms with van der Waals surface area (Å²) >= 11 is 1.56. The number of pyridine rings is 1. The molecule has 2 nitrogen and oxygen atoms in total. The lowest BCUT2D eigenvalue weighted by molar-refractivity contribution is 0.140. The maximum atomic E-state index is 13.1. The molecule has 0 saturated heterocycles. The molecule has 0 atom stereocenters. The summed E-state index contributed by atoms with van der Waals surface area (Å²) in [5.74, 6) is -1.00. The van der Waals surface area contributed by atoms with Crippen LogP contribution in [0.4, 0.5) is 13.2 Å². The first-order chi connectivity index (χ1) is 6.07. The highest BCUT2D eigenvalue weighted by Crippen LogP contribution is 2.27. The third-order valence-electron chi connectivity index (χ3n) is 1.46. The predicted molar refractivity (Wildman–Crippen MR) is 47.8 cm³/mol. The van der Waals surface area contributed by atoms with Crippen LogP contribution in [0.15, 0.2) is 6.20 Å². The average Bonchev–Trinajstić information content (AvgIpc) is 2.08. The van der Waals surface area contributed by atoms with Gasteiger partial charge in [0, 0.05) is 6.20 Å². The van der Waals surface area contributed by atoms with Crippen molar-refractivity contribution in [2.45, 2.75) is 13.0 Å². The standard InChI is InChI=1S/C7H5F3INO/c8-6-3(11)1-12-4(2-13)5(6)7(9)10/h1,7,13H,2H2. The van der Waals surface area contributed by atoms with Crippen LogP contribution in [0.2, 0.25) is 0 Å². The van der Waals surface area contributed by atoms with Gasteiger partial charge in [-0.05, 0) is 22.6 Å². The molecule has 0 aliphatic carbocycles. The molecule has 72 valence electrons. The molecule has 0 aliphatic heterocycles. The Hall–Kier alpha value is -0.370. The van der Waals surface area contributed by atoms with Gasteiger partial charge in [-0.3, -0.25) is 4.98 Å². The van der Waals surface area contributed by atoms with E-state index in [1.165, 1.54) is 0 Å². The van der Waals surface area contributed by atoms with Crippen molar-refractivity contribution < 1.29 is 18.3 Å². The van der Waals surface area contributed by atoms with Gasteiger partial charge in [0.2, 0.25) is 0 Å². The highest BCUT2D eigenvalue weighted by Gasteiger charge is 2.21. The summed E-state index contributed by atoms with van der Waals surface area (Å²) < 4.78 is 37.6. The number of rotatable bonds is 2. The molecule has 0 saturated carbocycles. The number of hydrogen-bond donors (Lipinski definition) is 1. The Balaban J connectivity index is 3.32. The molecule has 0 radical (unpaired) electrons. The molecular weight excluding hydrogens is 298 g/mol. The van der Waals surface area contributed by atoms with Gasteiger partial charge in [-0.15, -0.1) is 0 Å². The zero-order valence-corrected chi connectivity index (χ0v) is 8.43. The van der Waals surface area contributed by atoms with E-state index < -0.39 is 24.4 Å². The van der Waals surface area contributed by atoms with Crippen molar-refractivity contribution >= 4 is 22.6 Å². The molecular formula is C7H5F3INO. The summed E-state index contributed by atoms with van der Waals surface area (Å²) in [6.45, 7) is -0.687. The highest BCUT2D eigenvalue weighted by molar-refractivity contribution is 14.1. The zero-order valence-electron chi connectivity index (χ0n) is 6.27. The second kappa shape index (κ2) is 4.23. The minimum absolute atomic E-state index is 0.0186. The second-order valence-corrected chi connectivity index (χ2v) is 3.40. The largest absolute Gasteiger partial charge is 0.390 e. The van der Waals surface area contributed by atoms with Gasteiger partial charge in [-0.1, -0.05) is 0 Å². The first-order valence-corrected chi connectivity index (χ1v) is 4.37. The maximum Gasteiger partial charge on any atom is 0.268 e. The van der Waals surface area contributed by atoms with Crippen LogP contribution in [0.3, 0.4) is 0 Å². The van der Waals surface area contributed by atoms with Crippen LogP contribution in [0, 0.1) is 9.39 Å². The van der Waals surface area contributed by atoms with Crippen molar-refractivity contribution in [3.8, 4) is 0 Å². The lowest BCUT2D eigenvalue weighted by atomic mass is 10.2. The lowest BCUT2D eigenvalue weighted by Crippen LogP contribution is -2.04. The quantitative estimate of drug-likeness (QED) is 0.850. The van der Waals surface area contributed by atoms with E-state index in [4.69, 9.17) is 5.11 Å². The Morgan fingerprint density at radius 2 is 2.15 bits per heavy atom. The fraction of sp³-hybridized carbons (Fsp3) is 0.286. The average molecular weight is 303 g/mol. The van der Waals surface area contributed by atoms with Gasteiger partial charge in [0.15, 0.2) is 0 Å². The first-order valence-electron chi connectivity index (χ1n) is 3.29. The van der Waals surface area contributed by atoms with E-state index >= 15 is 0 Å². The summed E-state index contributed by atoms with van der Waals surface area (Å²) in [6.07, 6.45) is -1.85. The molecule has 0 aliphatic rings. The molecule has 1 heterocycles. The van der Waals surface area contributed by atoms with E-state index in [2.05, 4.69) is 4.98 Å². The minimum atomic E-state index is -2.95. The van der Waals surface area contributed by atoms with Crippen LogP contribution in [0.25, 0.3) is 0 Å². The number of halogens is 4. The van der Waals surface area contributed by atoms with Gasteiger partial charge in [0.05, 0.1) is 21.4 Å². The normalized spacial score (nSPS) is 10.9. The highest BCUT2D eigenvalue weighted by atomic mass is 127. The van der Waals surface area contributed by atoms with Crippen molar-refractivity contribution in [2.75, 3.05) is 0 Å². The second-order valence-electron chi connectivity index (χ2n) is 2.24. The molecule has 0 unspecified atom stereocenters. The minimum Gasteiger partial charge on any atom is -0.390 e. The summed E-state index contributed by atoms with van der Waals surface area (Å²) in [4.78, 5) is 3.50. The Bertz CT molecular complexity index is 319. The smallest absolute Gasteiger partial charge is 0.268 e. The number of hydrogen-bond acceptors (Lipinski definition) is 2. The predicted octanol–water partition coefficient (Wildman–Crippen LogP) is 2.26. The van der Waals surface area contributed by atoms with E-state index in [1.807, 2.05) is 0 Å². The summed E-state index contributed by atoms with van der Waals surface area (Å²) in [5.41, 5.74) is -1.12. The Morgan fingerprint density at radius 3 is 2.62 bits per heavy atom. The Labute approximate surface area is 85.9 Å². The summed E-state index contributed by atoms with van der Waals surface area (Å²) in [5, 5.41) is 8.62. The Morgan fingerprint density at radius 1 is 1.54 bits per heavy atom. The maximum absolute atomic E-state index is 13.1. The number of aromatic nitrogens is 1. The van der Waals surface area contributed by atoms with E-state index in [-0.39, 0.29) is 9.26 Å². The number of nitrogens with zero attached hydrogens (tertiary/aromatic N) is 1. The van der Waals surface area contributed by atoms with Gasteiger partial charge in [0.25, 0.3) is 6.43 Å². The molecule has 1 aromatic rings. The molecule has 1 aromatic heterocycles. The molecule has 0 bridgehead atoms.